The maximum atomic E-state index is 13.1. The summed E-state index contributed by atoms with van der Waals surface area (Å²) in [5.41, 5.74) is 1.90. The Hall–Kier alpha value is -3.23. The molecule has 1 amide bonds. The van der Waals surface area contributed by atoms with Crippen molar-refractivity contribution < 1.29 is 13.7 Å². The highest BCUT2D eigenvalue weighted by Crippen LogP contribution is 2.26. The second kappa shape index (κ2) is 9.06. The lowest BCUT2D eigenvalue weighted by atomic mass is 10.2. The molecule has 0 fully saturated rings. The largest absolute Gasteiger partial charge is 0.334 e. The third kappa shape index (κ3) is 4.84. The van der Waals surface area contributed by atoms with E-state index in [0.717, 1.165) is 11.6 Å². The number of aromatic nitrogens is 3. The summed E-state index contributed by atoms with van der Waals surface area (Å²) in [5.74, 6) is 0.200. The molecule has 2 aromatic carbocycles. The topological polar surface area (TPSA) is 80.9 Å². The molecule has 0 saturated carbocycles. The maximum Gasteiger partial charge on any atom is 0.258 e. The highest BCUT2D eigenvalue weighted by atomic mass is 35.5. The molecule has 0 spiro atoms. The van der Waals surface area contributed by atoms with E-state index in [1.165, 1.54) is 23.9 Å². The van der Waals surface area contributed by atoms with Gasteiger partial charge in [-0.2, -0.15) is 4.98 Å². The highest BCUT2D eigenvalue weighted by Gasteiger charge is 2.13. The van der Waals surface area contributed by atoms with Crippen LogP contribution in [0.4, 0.5) is 10.1 Å². The Morgan fingerprint density at radius 1 is 1.10 bits per heavy atom. The van der Waals surface area contributed by atoms with E-state index in [9.17, 15) is 9.18 Å². The van der Waals surface area contributed by atoms with Gasteiger partial charge in [-0.3, -0.25) is 4.79 Å². The first-order valence-corrected chi connectivity index (χ1v) is 10.2. The highest BCUT2D eigenvalue weighted by molar-refractivity contribution is 7.99. The molecule has 6 nitrogen and oxygen atoms in total. The molecule has 1 N–H and O–H groups in total. The lowest BCUT2D eigenvalue weighted by Gasteiger charge is -2.07. The molecule has 30 heavy (non-hydrogen) atoms. The van der Waals surface area contributed by atoms with Gasteiger partial charge >= 0.3 is 0 Å². The van der Waals surface area contributed by atoms with Gasteiger partial charge < -0.3 is 9.84 Å². The Labute approximate surface area is 180 Å². The van der Waals surface area contributed by atoms with Gasteiger partial charge in [-0.05, 0) is 30.3 Å². The van der Waals surface area contributed by atoms with Crippen LogP contribution in [0.3, 0.4) is 0 Å². The van der Waals surface area contributed by atoms with Gasteiger partial charge in [0, 0.05) is 17.3 Å². The molecule has 0 atom stereocenters. The quantitative estimate of drug-likeness (QED) is 0.408. The smallest absolute Gasteiger partial charge is 0.258 e. The van der Waals surface area contributed by atoms with Gasteiger partial charge in [-0.25, -0.2) is 9.37 Å². The van der Waals surface area contributed by atoms with Crippen LogP contribution in [0.5, 0.6) is 0 Å². The molecule has 0 aliphatic rings. The van der Waals surface area contributed by atoms with Crippen LogP contribution >= 0.6 is 23.4 Å². The Balaban J connectivity index is 1.41. The molecule has 0 saturated heterocycles. The van der Waals surface area contributed by atoms with E-state index in [2.05, 4.69) is 20.4 Å². The first-order valence-electron chi connectivity index (χ1n) is 8.82. The monoisotopic (exact) mass is 440 g/mol. The summed E-state index contributed by atoms with van der Waals surface area (Å²) < 4.78 is 18.5. The fourth-order valence-electron chi connectivity index (χ4n) is 2.58. The second-order valence-corrected chi connectivity index (χ2v) is 7.54. The summed E-state index contributed by atoms with van der Waals surface area (Å²) in [7, 11) is 0. The first-order chi connectivity index (χ1) is 14.6. The molecule has 0 aliphatic carbocycles. The molecule has 150 valence electrons. The van der Waals surface area contributed by atoms with E-state index in [4.69, 9.17) is 16.1 Å². The number of benzene rings is 2. The van der Waals surface area contributed by atoms with Crippen LogP contribution in [-0.4, -0.2) is 26.8 Å². The number of nitrogens with one attached hydrogen (secondary N) is 1. The van der Waals surface area contributed by atoms with Crippen LogP contribution < -0.4 is 5.32 Å². The Morgan fingerprint density at radius 2 is 1.93 bits per heavy atom. The summed E-state index contributed by atoms with van der Waals surface area (Å²) >= 11 is 7.17. The number of pyridine rings is 1. The number of amides is 1. The predicted octanol–water partition coefficient (Wildman–Crippen LogP) is 5.32. The zero-order valence-electron chi connectivity index (χ0n) is 15.4. The molecular formula is C21H14ClFN4O2S. The van der Waals surface area contributed by atoms with E-state index < -0.39 is 5.82 Å². The fraction of sp³-hybridized carbons (Fsp3) is 0.0476. The van der Waals surface area contributed by atoms with Gasteiger partial charge in [0.1, 0.15) is 5.82 Å². The van der Waals surface area contributed by atoms with Gasteiger partial charge in [-0.15, -0.1) is 0 Å². The Morgan fingerprint density at radius 3 is 2.73 bits per heavy atom. The second-order valence-electron chi connectivity index (χ2n) is 6.13. The summed E-state index contributed by atoms with van der Waals surface area (Å²) in [6.07, 6.45) is 1.61. The average Bonchev–Trinajstić information content (AvgIpc) is 3.26. The normalized spacial score (nSPS) is 10.7. The van der Waals surface area contributed by atoms with Crippen molar-refractivity contribution in [3.63, 3.8) is 0 Å². The Kier molecular flexibility index (Phi) is 6.06. The van der Waals surface area contributed by atoms with E-state index in [1.54, 1.807) is 18.3 Å². The van der Waals surface area contributed by atoms with E-state index in [-0.39, 0.29) is 16.7 Å². The van der Waals surface area contributed by atoms with Crippen LogP contribution in [0, 0.1) is 5.82 Å². The third-order valence-corrected chi connectivity index (χ3v) is 5.23. The number of carbonyl (C=O) groups excluding carboxylic acids is 1. The summed E-state index contributed by atoms with van der Waals surface area (Å²) in [6, 6.07) is 16.8. The van der Waals surface area contributed by atoms with E-state index in [0.29, 0.717) is 28.0 Å². The van der Waals surface area contributed by atoms with Gasteiger partial charge in [0.25, 0.3) is 5.89 Å². The molecule has 0 unspecified atom stereocenters. The Bertz CT molecular complexity index is 1190. The minimum absolute atomic E-state index is 0.100. The molecule has 9 heteroatoms. The van der Waals surface area contributed by atoms with Crippen LogP contribution in [0.15, 0.2) is 76.4 Å². The van der Waals surface area contributed by atoms with Crippen molar-refractivity contribution in [3.05, 3.63) is 77.7 Å². The lowest BCUT2D eigenvalue weighted by Crippen LogP contribution is -2.14. The van der Waals surface area contributed by atoms with Gasteiger partial charge in [-0.1, -0.05) is 58.9 Å². The van der Waals surface area contributed by atoms with Crippen molar-refractivity contribution in [1.29, 1.82) is 0 Å². The number of halogens is 2. The third-order valence-electron chi connectivity index (χ3n) is 4.00. The standard InChI is InChI=1S/C21H14ClFN4O2S/c22-16-11-15(23)6-7-17(16)25-18(28)12-30-19-10-14(8-9-24-19)21-26-20(27-29-21)13-4-2-1-3-5-13/h1-11H,12H2,(H,25,28). The van der Waals surface area contributed by atoms with Crippen molar-refractivity contribution in [2.24, 2.45) is 0 Å². The van der Waals surface area contributed by atoms with E-state index in [1.807, 2.05) is 30.3 Å². The SMILES string of the molecule is O=C(CSc1cc(-c2nc(-c3ccccc3)no2)ccn1)Nc1ccc(F)cc1Cl. The minimum Gasteiger partial charge on any atom is -0.334 e. The predicted molar refractivity (Wildman–Crippen MR) is 114 cm³/mol. The zero-order chi connectivity index (χ0) is 20.9. The van der Waals surface area contributed by atoms with Gasteiger partial charge in [0.2, 0.25) is 11.7 Å². The summed E-state index contributed by atoms with van der Waals surface area (Å²) in [6.45, 7) is 0. The first kappa shape index (κ1) is 20.1. The molecule has 4 aromatic rings. The molecule has 2 heterocycles. The van der Waals surface area contributed by atoms with Crippen molar-refractivity contribution in [1.82, 2.24) is 15.1 Å². The summed E-state index contributed by atoms with van der Waals surface area (Å²) in [5, 5.41) is 7.42. The maximum absolute atomic E-state index is 13.1. The number of nitrogens with zero attached hydrogens (tertiary/aromatic N) is 3. The molecule has 2 aromatic heterocycles. The van der Waals surface area contributed by atoms with Crippen LogP contribution in [0.25, 0.3) is 22.8 Å². The van der Waals surface area contributed by atoms with Gasteiger partial charge in [0.05, 0.1) is 21.5 Å². The number of hydrogen-bond donors (Lipinski definition) is 1. The van der Waals surface area contributed by atoms with Crippen molar-refractivity contribution in [2.75, 3.05) is 11.1 Å². The zero-order valence-corrected chi connectivity index (χ0v) is 17.0. The molecule has 0 aliphatic heterocycles. The molecular weight excluding hydrogens is 427 g/mol. The lowest BCUT2D eigenvalue weighted by molar-refractivity contribution is -0.113. The number of thioether (sulfide) groups is 1. The van der Waals surface area contributed by atoms with Crippen LogP contribution in [0.2, 0.25) is 5.02 Å². The number of rotatable bonds is 6. The molecule has 4 rings (SSSR count). The fourth-order valence-corrected chi connectivity index (χ4v) is 3.49. The van der Waals surface area contributed by atoms with Gasteiger partial charge in [0.15, 0.2) is 0 Å². The van der Waals surface area contributed by atoms with Crippen LogP contribution in [-0.2, 0) is 4.79 Å². The van der Waals surface area contributed by atoms with E-state index >= 15 is 0 Å². The molecule has 0 radical (unpaired) electrons. The minimum atomic E-state index is -0.468. The van der Waals surface area contributed by atoms with Crippen molar-refractivity contribution >= 4 is 35.0 Å². The average molecular weight is 441 g/mol. The molecule has 0 bridgehead atoms. The van der Waals surface area contributed by atoms with Crippen molar-refractivity contribution in [2.45, 2.75) is 5.03 Å². The number of carbonyl (C=O) groups is 1. The number of hydrogen-bond acceptors (Lipinski definition) is 6. The van der Waals surface area contributed by atoms with Crippen molar-refractivity contribution in [3.8, 4) is 22.8 Å². The number of anilines is 1. The summed E-state index contributed by atoms with van der Waals surface area (Å²) in [4.78, 5) is 20.9. The van der Waals surface area contributed by atoms with Crippen LogP contribution in [0.1, 0.15) is 0 Å².